The van der Waals surface area contributed by atoms with Gasteiger partial charge in [-0.15, -0.1) is 5.10 Å². The Bertz CT molecular complexity index is 710. The minimum Gasteiger partial charge on any atom is -0.403 e. The number of hydrogen-bond donors (Lipinski definition) is 1. The fraction of sp³-hybridized carbons (Fsp3) is 0.308. The van der Waals surface area contributed by atoms with Crippen LogP contribution in [0.4, 0.5) is 6.01 Å². The molecule has 6 nitrogen and oxygen atoms in total. The second-order valence-electron chi connectivity index (χ2n) is 4.72. The van der Waals surface area contributed by atoms with E-state index in [2.05, 4.69) is 25.1 Å². The van der Waals surface area contributed by atoms with Gasteiger partial charge in [0.25, 0.3) is 0 Å². The van der Waals surface area contributed by atoms with E-state index in [9.17, 15) is 0 Å². The Hall–Kier alpha value is -2.37. The number of nitrogens with zero attached hydrogens (tertiary/aromatic N) is 4. The number of aromatic amines is 1. The van der Waals surface area contributed by atoms with Crippen molar-refractivity contribution in [1.29, 1.82) is 0 Å². The summed E-state index contributed by atoms with van der Waals surface area (Å²) in [7, 11) is 0. The van der Waals surface area contributed by atoms with Crippen LogP contribution in [0.15, 0.2) is 28.9 Å². The van der Waals surface area contributed by atoms with Gasteiger partial charge in [0.05, 0.1) is 17.4 Å². The van der Waals surface area contributed by atoms with Crippen LogP contribution in [-0.4, -0.2) is 33.3 Å². The largest absolute Gasteiger partial charge is 0.403 e. The summed E-state index contributed by atoms with van der Waals surface area (Å²) in [6, 6.07) is 6.49. The van der Waals surface area contributed by atoms with Crippen LogP contribution in [-0.2, 0) is 0 Å². The number of rotatable bonds is 2. The highest BCUT2D eigenvalue weighted by atomic mass is 16.4. The molecule has 0 saturated carbocycles. The third-order valence-corrected chi connectivity index (χ3v) is 3.46. The van der Waals surface area contributed by atoms with Crippen LogP contribution in [0.1, 0.15) is 12.8 Å². The highest BCUT2D eigenvalue weighted by molar-refractivity contribution is 5.79. The van der Waals surface area contributed by atoms with E-state index in [-0.39, 0.29) is 0 Å². The SMILES string of the molecule is c1nc2ccc(-c3nnc(N4CCCC4)o3)cc2[nH]1. The monoisotopic (exact) mass is 255 g/mol. The summed E-state index contributed by atoms with van der Waals surface area (Å²) in [5.41, 5.74) is 2.82. The van der Waals surface area contributed by atoms with Gasteiger partial charge < -0.3 is 14.3 Å². The third kappa shape index (κ3) is 1.76. The Labute approximate surface area is 109 Å². The van der Waals surface area contributed by atoms with Crippen LogP contribution >= 0.6 is 0 Å². The number of benzene rings is 1. The van der Waals surface area contributed by atoms with E-state index < -0.39 is 0 Å². The van der Waals surface area contributed by atoms with E-state index in [1.54, 1.807) is 6.33 Å². The first-order chi connectivity index (χ1) is 9.40. The van der Waals surface area contributed by atoms with E-state index in [1.807, 2.05) is 18.2 Å². The van der Waals surface area contributed by atoms with Gasteiger partial charge in [0.2, 0.25) is 5.89 Å². The molecule has 96 valence electrons. The second-order valence-corrected chi connectivity index (χ2v) is 4.72. The number of aromatic nitrogens is 4. The Morgan fingerprint density at radius 1 is 1.16 bits per heavy atom. The molecule has 3 aromatic rings. The molecule has 0 radical (unpaired) electrons. The number of anilines is 1. The Balaban J connectivity index is 1.70. The maximum Gasteiger partial charge on any atom is 0.318 e. The van der Waals surface area contributed by atoms with E-state index in [0.717, 1.165) is 29.7 Å². The summed E-state index contributed by atoms with van der Waals surface area (Å²) < 4.78 is 5.75. The zero-order valence-corrected chi connectivity index (χ0v) is 10.3. The normalized spacial score (nSPS) is 15.5. The van der Waals surface area contributed by atoms with Crippen LogP contribution < -0.4 is 4.90 Å². The molecule has 3 heterocycles. The van der Waals surface area contributed by atoms with Gasteiger partial charge in [-0.2, -0.15) is 0 Å². The number of H-pyrrole nitrogens is 1. The summed E-state index contributed by atoms with van der Waals surface area (Å²) in [5, 5.41) is 8.26. The molecule has 0 spiro atoms. The van der Waals surface area contributed by atoms with E-state index in [0.29, 0.717) is 11.9 Å². The predicted molar refractivity (Wildman–Crippen MR) is 70.8 cm³/mol. The molecule has 1 aliphatic rings. The van der Waals surface area contributed by atoms with Crippen molar-refractivity contribution in [3.8, 4) is 11.5 Å². The van der Waals surface area contributed by atoms with E-state index >= 15 is 0 Å². The fourth-order valence-corrected chi connectivity index (χ4v) is 2.44. The van der Waals surface area contributed by atoms with Gasteiger partial charge in [0.15, 0.2) is 0 Å². The predicted octanol–water partition coefficient (Wildman–Crippen LogP) is 2.21. The second kappa shape index (κ2) is 4.08. The molecule has 0 unspecified atom stereocenters. The first-order valence-corrected chi connectivity index (χ1v) is 6.42. The molecule has 0 aliphatic carbocycles. The quantitative estimate of drug-likeness (QED) is 0.760. The Morgan fingerprint density at radius 2 is 2.05 bits per heavy atom. The summed E-state index contributed by atoms with van der Waals surface area (Å²) in [6.45, 7) is 2.00. The van der Waals surface area contributed by atoms with Crippen molar-refractivity contribution in [2.24, 2.45) is 0 Å². The minimum absolute atomic E-state index is 0.554. The zero-order valence-electron chi connectivity index (χ0n) is 10.3. The smallest absolute Gasteiger partial charge is 0.318 e. The van der Waals surface area contributed by atoms with Crippen molar-refractivity contribution in [2.75, 3.05) is 18.0 Å². The van der Waals surface area contributed by atoms with Gasteiger partial charge in [-0.3, -0.25) is 0 Å². The number of imidazole rings is 1. The summed E-state index contributed by atoms with van der Waals surface area (Å²) in [6.07, 6.45) is 4.06. The van der Waals surface area contributed by atoms with Crippen LogP contribution in [0.5, 0.6) is 0 Å². The van der Waals surface area contributed by atoms with Gasteiger partial charge in [-0.05, 0) is 31.0 Å². The molecule has 1 aromatic carbocycles. The molecular weight excluding hydrogens is 242 g/mol. The van der Waals surface area contributed by atoms with Crippen molar-refractivity contribution in [2.45, 2.75) is 12.8 Å². The lowest BCUT2D eigenvalue weighted by Crippen LogP contribution is -2.17. The van der Waals surface area contributed by atoms with Crippen molar-refractivity contribution >= 4 is 17.0 Å². The molecule has 0 atom stereocenters. The maximum atomic E-state index is 5.75. The van der Waals surface area contributed by atoms with Crippen LogP contribution in [0.3, 0.4) is 0 Å². The van der Waals surface area contributed by atoms with E-state index in [1.165, 1.54) is 12.8 Å². The van der Waals surface area contributed by atoms with Gasteiger partial charge >= 0.3 is 6.01 Å². The van der Waals surface area contributed by atoms with Gasteiger partial charge in [-0.25, -0.2) is 4.98 Å². The summed E-state index contributed by atoms with van der Waals surface area (Å²) in [4.78, 5) is 9.40. The average Bonchev–Trinajstić information content (AvgIpc) is 3.18. The van der Waals surface area contributed by atoms with Crippen LogP contribution in [0.2, 0.25) is 0 Å². The van der Waals surface area contributed by atoms with Crippen LogP contribution in [0.25, 0.3) is 22.5 Å². The molecular formula is C13H13N5O. The van der Waals surface area contributed by atoms with Crippen LogP contribution in [0, 0.1) is 0 Å². The molecule has 19 heavy (non-hydrogen) atoms. The highest BCUT2D eigenvalue weighted by Gasteiger charge is 2.19. The lowest BCUT2D eigenvalue weighted by molar-refractivity contribution is 0.557. The third-order valence-electron chi connectivity index (χ3n) is 3.46. The lowest BCUT2D eigenvalue weighted by atomic mass is 10.2. The molecule has 1 N–H and O–H groups in total. The Kier molecular flexibility index (Phi) is 2.26. The average molecular weight is 255 g/mol. The first kappa shape index (κ1) is 10.5. The first-order valence-electron chi connectivity index (χ1n) is 6.42. The zero-order chi connectivity index (χ0) is 12.7. The highest BCUT2D eigenvalue weighted by Crippen LogP contribution is 2.25. The van der Waals surface area contributed by atoms with E-state index in [4.69, 9.17) is 4.42 Å². The standard InChI is InChI=1S/C13H13N5O/c1-2-6-18(5-1)13-17-16-12(19-13)9-3-4-10-11(7-9)15-8-14-10/h3-4,7-8H,1-2,5-6H2,(H,14,15). The van der Waals surface area contributed by atoms with Crippen molar-refractivity contribution in [1.82, 2.24) is 20.2 Å². The topological polar surface area (TPSA) is 70.8 Å². The number of hydrogen-bond acceptors (Lipinski definition) is 5. The van der Waals surface area contributed by atoms with Crippen molar-refractivity contribution < 1.29 is 4.42 Å². The van der Waals surface area contributed by atoms with Crippen molar-refractivity contribution in [3.63, 3.8) is 0 Å². The molecule has 0 bridgehead atoms. The van der Waals surface area contributed by atoms with Crippen molar-refractivity contribution in [3.05, 3.63) is 24.5 Å². The molecule has 0 amide bonds. The van der Waals surface area contributed by atoms with Gasteiger partial charge in [-0.1, -0.05) is 5.10 Å². The molecule has 4 rings (SSSR count). The Morgan fingerprint density at radius 3 is 2.95 bits per heavy atom. The molecule has 1 saturated heterocycles. The summed E-state index contributed by atoms with van der Waals surface area (Å²) in [5.74, 6) is 0.554. The maximum absolute atomic E-state index is 5.75. The van der Waals surface area contributed by atoms with Gasteiger partial charge in [0, 0.05) is 18.7 Å². The molecule has 2 aromatic heterocycles. The fourth-order valence-electron chi connectivity index (χ4n) is 2.44. The molecule has 1 aliphatic heterocycles. The number of fused-ring (bicyclic) bond motifs is 1. The molecule has 6 heteroatoms. The summed E-state index contributed by atoms with van der Waals surface area (Å²) >= 11 is 0. The lowest BCUT2D eigenvalue weighted by Gasteiger charge is -2.09. The number of nitrogens with one attached hydrogen (secondary N) is 1. The minimum atomic E-state index is 0.554. The van der Waals surface area contributed by atoms with Gasteiger partial charge in [0.1, 0.15) is 0 Å². The molecule has 1 fully saturated rings.